The molecule has 2 N–H and O–H groups in total. The van der Waals surface area contributed by atoms with Crippen LogP contribution in [0.5, 0.6) is 0 Å². The molecule has 0 saturated carbocycles. The average molecular weight is 242 g/mol. The maximum atomic E-state index is 12.4. The van der Waals surface area contributed by atoms with Gasteiger partial charge in [-0.15, -0.1) is 0 Å². The first kappa shape index (κ1) is 12.7. The van der Waals surface area contributed by atoms with Crippen molar-refractivity contribution in [3.8, 4) is 11.8 Å². The van der Waals surface area contributed by atoms with Gasteiger partial charge >= 0.3 is 0 Å². The Morgan fingerprint density at radius 3 is 2.78 bits per heavy atom. The first-order chi connectivity index (χ1) is 8.72. The predicted octanol–water partition coefficient (Wildman–Crippen LogP) is 1.54. The Balaban J connectivity index is 2.33. The van der Waals surface area contributed by atoms with Crippen molar-refractivity contribution in [2.45, 2.75) is 19.8 Å². The fraction of sp³-hybridized carbons (Fsp3) is 0.400. The zero-order valence-corrected chi connectivity index (χ0v) is 10.7. The fourth-order valence-corrected chi connectivity index (χ4v) is 2.18. The summed E-state index contributed by atoms with van der Waals surface area (Å²) in [6, 6.07) is 5.78. The van der Waals surface area contributed by atoms with E-state index in [1.54, 1.807) is 0 Å². The highest BCUT2D eigenvalue weighted by Gasteiger charge is 2.21. The lowest BCUT2D eigenvalue weighted by Crippen LogP contribution is -2.28. The topological polar surface area (TPSA) is 46.3 Å². The molecule has 2 rings (SSSR count). The number of likely N-dealkylation sites (tertiary alicyclic amines) is 1. The van der Waals surface area contributed by atoms with Crippen molar-refractivity contribution in [2.75, 3.05) is 19.6 Å². The normalized spacial score (nSPS) is 14.2. The lowest BCUT2D eigenvalue weighted by atomic mass is 10.0. The number of amides is 1. The second-order valence-corrected chi connectivity index (χ2v) is 4.55. The van der Waals surface area contributed by atoms with Crippen molar-refractivity contribution < 1.29 is 4.79 Å². The van der Waals surface area contributed by atoms with Crippen molar-refractivity contribution in [1.82, 2.24) is 4.90 Å². The van der Waals surface area contributed by atoms with E-state index in [0.717, 1.165) is 37.1 Å². The molecule has 1 fully saturated rings. The first-order valence-corrected chi connectivity index (χ1v) is 6.31. The predicted molar refractivity (Wildman–Crippen MR) is 72.2 cm³/mol. The molecule has 0 aliphatic carbocycles. The highest BCUT2D eigenvalue weighted by molar-refractivity contribution is 5.97. The van der Waals surface area contributed by atoms with Crippen molar-refractivity contribution in [3.63, 3.8) is 0 Å². The monoisotopic (exact) mass is 242 g/mol. The molecule has 18 heavy (non-hydrogen) atoms. The molecule has 1 aliphatic heterocycles. The van der Waals surface area contributed by atoms with Crippen LogP contribution in [-0.2, 0) is 0 Å². The Kier molecular flexibility index (Phi) is 4.01. The van der Waals surface area contributed by atoms with E-state index in [-0.39, 0.29) is 5.91 Å². The highest BCUT2D eigenvalue weighted by atomic mass is 16.2. The van der Waals surface area contributed by atoms with Gasteiger partial charge in [-0.3, -0.25) is 4.79 Å². The molecular formula is C15H18N2O. The maximum Gasteiger partial charge on any atom is 0.255 e. The Morgan fingerprint density at radius 1 is 1.39 bits per heavy atom. The molecule has 1 aromatic carbocycles. The quantitative estimate of drug-likeness (QED) is 0.759. The van der Waals surface area contributed by atoms with Gasteiger partial charge in [0, 0.05) is 18.7 Å². The second kappa shape index (κ2) is 5.70. The Labute approximate surface area is 108 Å². The van der Waals surface area contributed by atoms with E-state index in [2.05, 4.69) is 11.8 Å². The molecule has 0 spiro atoms. The van der Waals surface area contributed by atoms with E-state index >= 15 is 0 Å². The second-order valence-electron chi connectivity index (χ2n) is 4.55. The molecule has 1 heterocycles. The number of hydrogen-bond acceptors (Lipinski definition) is 2. The Morgan fingerprint density at radius 2 is 2.11 bits per heavy atom. The number of nitrogens with zero attached hydrogens (tertiary/aromatic N) is 1. The van der Waals surface area contributed by atoms with Crippen LogP contribution in [0.1, 0.15) is 34.3 Å². The Bertz CT molecular complexity index is 505. The summed E-state index contributed by atoms with van der Waals surface area (Å²) in [5, 5.41) is 0. The molecule has 94 valence electrons. The van der Waals surface area contributed by atoms with Crippen molar-refractivity contribution >= 4 is 5.91 Å². The maximum absolute atomic E-state index is 12.4. The van der Waals surface area contributed by atoms with Gasteiger partial charge in [0.05, 0.1) is 12.1 Å². The third-order valence-electron chi connectivity index (χ3n) is 3.12. The summed E-state index contributed by atoms with van der Waals surface area (Å²) in [6.07, 6.45) is 2.20. The van der Waals surface area contributed by atoms with Gasteiger partial charge in [-0.1, -0.05) is 17.9 Å². The fourth-order valence-electron chi connectivity index (χ4n) is 2.18. The zero-order valence-electron chi connectivity index (χ0n) is 10.7. The van der Waals surface area contributed by atoms with Gasteiger partial charge in [-0.2, -0.15) is 0 Å². The molecule has 3 nitrogen and oxygen atoms in total. The van der Waals surface area contributed by atoms with Gasteiger partial charge in [-0.05, 0) is 37.5 Å². The lowest BCUT2D eigenvalue weighted by molar-refractivity contribution is 0.0792. The van der Waals surface area contributed by atoms with Gasteiger partial charge in [-0.25, -0.2) is 0 Å². The van der Waals surface area contributed by atoms with Crippen molar-refractivity contribution in [3.05, 3.63) is 34.9 Å². The minimum absolute atomic E-state index is 0.0915. The molecule has 0 aromatic heterocycles. The summed E-state index contributed by atoms with van der Waals surface area (Å²) in [6.45, 7) is 4.02. The molecule has 0 bridgehead atoms. The Hall–Kier alpha value is -1.79. The van der Waals surface area contributed by atoms with Crippen LogP contribution >= 0.6 is 0 Å². The molecule has 3 heteroatoms. The number of carbonyl (C=O) groups is 1. The molecule has 1 amide bonds. The molecule has 1 aromatic rings. The number of nitrogens with two attached hydrogens (primary N) is 1. The van der Waals surface area contributed by atoms with Crippen LogP contribution in [0.25, 0.3) is 0 Å². The van der Waals surface area contributed by atoms with E-state index in [4.69, 9.17) is 5.73 Å². The number of benzene rings is 1. The smallest absolute Gasteiger partial charge is 0.255 e. The van der Waals surface area contributed by atoms with Gasteiger partial charge in [0.2, 0.25) is 0 Å². The van der Waals surface area contributed by atoms with E-state index in [9.17, 15) is 4.79 Å². The third kappa shape index (κ3) is 2.72. The van der Waals surface area contributed by atoms with Crippen LogP contribution in [0, 0.1) is 18.8 Å². The van der Waals surface area contributed by atoms with Crippen LogP contribution < -0.4 is 5.73 Å². The summed E-state index contributed by atoms with van der Waals surface area (Å²) >= 11 is 0. The van der Waals surface area contributed by atoms with Crippen molar-refractivity contribution in [1.29, 1.82) is 0 Å². The van der Waals surface area contributed by atoms with E-state index in [0.29, 0.717) is 12.1 Å². The summed E-state index contributed by atoms with van der Waals surface area (Å²) < 4.78 is 0. The molecule has 0 unspecified atom stereocenters. The van der Waals surface area contributed by atoms with E-state index < -0.39 is 0 Å². The summed E-state index contributed by atoms with van der Waals surface area (Å²) in [5.41, 5.74) is 7.99. The van der Waals surface area contributed by atoms with Gasteiger partial charge < -0.3 is 10.6 Å². The summed E-state index contributed by atoms with van der Waals surface area (Å²) in [7, 11) is 0. The highest BCUT2D eigenvalue weighted by Crippen LogP contribution is 2.17. The molecule has 0 radical (unpaired) electrons. The first-order valence-electron chi connectivity index (χ1n) is 6.31. The standard InChI is InChI=1S/C15H18N2O/c1-12-6-7-14(13(11-12)5-4-8-16)15(18)17-9-2-3-10-17/h6-7,11H,2-3,8-10,16H2,1H3. The zero-order chi connectivity index (χ0) is 13.0. The van der Waals surface area contributed by atoms with Crippen LogP contribution in [0.2, 0.25) is 0 Å². The van der Waals surface area contributed by atoms with E-state index in [1.165, 1.54) is 0 Å². The number of hydrogen-bond donors (Lipinski definition) is 1. The van der Waals surface area contributed by atoms with Gasteiger partial charge in [0.1, 0.15) is 0 Å². The number of aryl methyl sites for hydroxylation is 1. The molecule has 0 atom stereocenters. The average Bonchev–Trinajstić information content (AvgIpc) is 2.89. The minimum Gasteiger partial charge on any atom is -0.339 e. The summed E-state index contributed by atoms with van der Waals surface area (Å²) in [5.74, 6) is 5.91. The van der Waals surface area contributed by atoms with Crippen LogP contribution in [0.4, 0.5) is 0 Å². The lowest BCUT2D eigenvalue weighted by Gasteiger charge is -2.16. The van der Waals surface area contributed by atoms with Gasteiger partial charge in [0.25, 0.3) is 5.91 Å². The molecule has 1 aliphatic rings. The van der Waals surface area contributed by atoms with Crippen LogP contribution in [-0.4, -0.2) is 30.4 Å². The number of carbonyl (C=O) groups excluding carboxylic acids is 1. The molecular weight excluding hydrogens is 224 g/mol. The SMILES string of the molecule is Cc1ccc(C(=O)N2CCCC2)c(C#CCN)c1. The largest absolute Gasteiger partial charge is 0.339 e. The minimum atomic E-state index is 0.0915. The summed E-state index contributed by atoms with van der Waals surface area (Å²) in [4.78, 5) is 14.3. The third-order valence-corrected chi connectivity index (χ3v) is 3.12. The van der Waals surface area contributed by atoms with Crippen molar-refractivity contribution in [2.24, 2.45) is 5.73 Å². The van der Waals surface area contributed by atoms with Gasteiger partial charge in [0.15, 0.2) is 0 Å². The van der Waals surface area contributed by atoms with E-state index in [1.807, 2.05) is 30.0 Å². The number of rotatable bonds is 1. The molecule has 1 saturated heterocycles. The van der Waals surface area contributed by atoms with Crippen LogP contribution in [0.3, 0.4) is 0 Å². The van der Waals surface area contributed by atoms with Crippen LogP contribution in [0.15, 0.2) is 18.2 Å².